The fourth-order valence-electron chi connectivity index (χ4n) is 2.33. The molecule has 0 saturated heterocycles. The Balaban J connectivity index is 2.02. The lowest BCUT2D eigenvalue weighted by molar-refractivity contribution is 0.141. The van der Waals surface area contributed by atoms with Gasteiger partial charge in [-0.1, -0.05) is 18.5 Å². The summed E-state index contributed by atoms with van der Waals surface area (Å²) in [5, 5.41) is 13.4. The molecule has 5 heteroatoms. The summed E-state index contributed by atoms with van der Waals surface area (Å²) in [7, 11) is 0. The van der Waals surface area contributed by atoms with E-state index in [1.807, 2.05) is 0 Å². The molecule has 16 heavy (non-hydrogen) atoms. The fraction of sp³-hybridized carbons (Fsp3) is 0.818. The minimum Gasteiger partial charge on any atom is -0.382 e. The first-order valence-electron chi connectivity index (χ1n) is 5.96. The van der Waals surface area contributed by atoms with Gasteiger partial charge in [-0.2, -0.15) is 4.98 Å². The van der Waals surface area contributed by atoms with Gasteiger partial charge in [0, 0.05) is 12.5 Å². The molecule has 2 rings (SSSR count). The molecule has 1 heterocycles. The summed E-state index contributed by atoms with van der Waals surface area (Å²) < 4.78 is 5.01. The van der Waals surface area contributed by atoms with Gasteiger partial charge in [0.25, 0.3) is 5.89 Å². The van der Waals surface area contributed by atoms with E-state index in [0.717, 1.165) is 24.6 Å². The summed E-state index contributed by atoms with van der Waals surface area (Å²) in [6, 6.07) is 0. The zero-order valence-electron chi connectivity index (χ0n) is 9.59. The molecule has 1 aromatic rings. The van der Waals surface area contributed by atoms with Crippen molar-refractivity contribution in [1.82, 2.24) is 10.1 Å². The maximum Gasteiger partial charge on any atom is 0.256 e. The van der Waals surface area contributed by atoms with Crippen LogP contribution in [0.5, 0.6) is 0 Å². The van der Waals surface area contributed by atoms with Crippen molar-refractivity contribution in [1.29, 1.82) is 0 Å². The van der Waals surface area contributed by atoms with Crippen LogP contribution in [0.1, 0.15) is 56.3 Å². The van der Waals surface area contributed by atoms with Crippen LogP contribution in [0.2, 0.25) is 0 Å². The third kappa shape index (κ3) is 2.25. The largest absolute Gasteiger partial charge is 0.382 e. The minimum atomic E-state index is -0.829. The van der Waals surface area contributed by atoms with E-state index in [9.17, 15) is 5.11 Å². The highest BCUT2D eigenvalue weighted by Crippen LogP contribution is 2.38. The number of hydrogen-bond donors (Lipinski definition) is 2. The number of aliphatic hydroxyl groups is 1. The lowest BCUT2D eigenvalue weighted by Crippen LogP contribution is -2.12. The molecule has 3 N–H and O–H groups in total. The Bertz CT molecular complexity index is 340. The lowest BCUT2D eigenvalue weighted by Gasteiger charge is -2.04. The number of nitrogens with zero attached hydrogens (tertiary/aromatic N) is 2. The van der Waals surface area contributed by atoms with Crippen LogP contribution in [0.15, 0.2) is 4.52 Å². The Hall–Kier alpha value is -0.940. The second kappa shape index (κ2) is 4.93. The number of aliphatic hydroxyl groups excluding tert-OH is 1. The summed E-state index contributed by atoms with van der Waals surface area (Å²) in [6.45, 7) is 2.33. The van der Waals surface area contributed by atoms with Crippen molar-refractivity contribution >= 4 is 0 Å². The van der Waals surface area contributed by atoms with E-state index < -0.39 is 6.10 Å². The van der Waals surface area contributed by atoms with Gasteiger partial charge < -0.3 is 15.4 Å². The first kappa shape index (κ1) is 11.5. The highest BCUT2D eigenvalue weighted by Gasteiger charge is 2.28. The maximum atomic E-state index is 9.46. The SMILES string of the molecule is CCC1CCC(c2noc([C@@H](O)CN)n2)C1. The van der Waals surface area contributed by atoms with Gasteiger partial charge in [0.15, 0.2) is 5.82 Å². The fourth-order valence-corrected chi connectivity index (χ4v) is 2.33. The molecule has 0 aliphatic heterocycles. The number of hydrogen-bond acceptors (Lipinski definition) is 5. The van der Waals surface area contributed by atoms with Crippen molar-refractivity contribution < 1.29 is 9.63 Å². The average molecular weight is 225 g/mol. The van der Waals surface area contributed by atoms with Gasteiger partial charge in [-0.25, -0.2) is 0 Å². The smallest absolute Gasteiger partial charge is 0.256 e. The van der Waals surface area contributed by atoms with E-state index >= 15 is 0 Å². The zero-order chi connectivity index (χ0) is 11.5. The van der Waals surface area contributed by atoms with Crippen LogP contribution < -0.4 is 5.73 Å². The highest BCUT2D eigenvalue weighted by atomic mass is 16.5. The van der Waals surface area contributed by atoms with E-state index in [1.54, 1.807) is 0 Å². The predicted molar refractivity (Wildman–Crippen MR) is 58.7 cm³/mol. The van der Waals surface area contributed by atoms with Crippen molar-refractivity contribution in [2.45, 2.75) is 44.6 Å². The minimum absolute atomic E-state index is 0.115. The third-order valence-corrected chi connectivity index (χ3v) is 3.45. The van der Waals surface area contributed by atoms with Gasteiger partial charge in [-0.3, -0.25) is 0 Å². The summed E-state index contributed by atoms with van der Waals surface area (Å²) in [6.07, 6.45) is 3.88. The standard InChI is InChI=1S/C11H19N3O2/c1-2-7-3-4-8(5-7)10-13-11(16-14-10)9(15)6-12/h7-9,15H,2-6,12H2,1H3/t7?,8?,9-/m0/s1. The monoisotopic (exact) mass is 225 g/mol. The molecular formula is C11H19N3O2. The summed E-state index contributed by atoms with van der Waals surface area (Å²) in [4.78, 5) is 4.22. The van der Waals surface area contributed by atoms with Crippen molar-refractivity contribution in [2.75, 3.05) is 6.54 Å². The zero-order valence-corrected chi connectivity index (χ0v) is 9.59. The van der Waals surface area contributed by atoms with Crippen molar-refractivity contribution in [2.24, 2.45) is 11.7 Å². The molecule has 0 radical (unpaired) electrons. The topological polar surface area (TPSA) is 85.2 Å². The van der Waals surface area contributed by atoms with Gasteiger partial charge in [0.1, 0.15) is 6.10 Å². The van der Waals surface area contributed by atoms with Crippen LogP contribution in [0.25, 0.3) is 0 Å². The molecule has 0 spiro atoms. The molecule has 0 bridgehead atoms. The molecule has 90 valence electrons. The van der Waals surface area contributed by atoms with Gasteiger partial charge in [0.2, 0.25) is 0 Å². The number of aromatic nitrogens is 2. The Morgan fingerprint density at radius 3 is 3.00 bits per heavy atom. The molecule has 1 aliphatic rings. The summed E-state index contributed by atoms with van der Waals surface area (Å²) in [5.41, 5.74) is 5.33. The van der Waals surface area contributed by atoms with Gasteiger partial charge >= 0.3 is 0 Å². The van der Waals surface area contributed by atoms with E-state index in [1.165, 1.54) is 12.8 Å². The van der Waals surface area contributed by atoms with Crippen molar-refractivity contribution in [3.8, 4) is 0 Å². The third-order valence-electron chi connectivity index (χ3n) is 3.45. The predicted octanol–water partition coefficient (Wildman–Crippen LogP) is 1.36. The maximum absolute atomic E-state index is 9.46. The second-order valence-electron chi connectivity index (χ2n) is 4.53. The van der Waals surface area contributed by atoms with E-state index in [4.69, 9.17) is 10.3 Å². The van der Waals surface area contributed by atoms with E-state index in [0.29, 0.717) is 5.92 Å². The number of rotatable bonds is 4. The van der Waals surface area contributed by atoms with Crippen LogP contribution >= 0.6 is 0 Å². The highest BCUT2D eigenvalue weighted by molar-refractivity contribution is 5.00. The number of nitrogens with two attached hydrogens (primary N) is 1. The Morgan fingerprint density at radius 2 is 2.38 bits per heavy atom. The first-order valence-corrected chi connectivity index (χ1v) is 5.96. The van der Waals surface area contributed by atoms with E-state index in [2.05, 4.69) is 17.1 Å². The molecule has 0 aromatic carbocycles. The Morgan fingerprint density at radius 1 is 1.56 bits per heavy atom. The first-order chi connectivity index (χ1) is 7.74. The van der Waals surface area contributed by atoms with Crippen molar-refractivity contribution in [3.05, 3.63) is 11.7 Å². The van der Waals surface area contributed by atoms with Crippen LogP contribution in [0.4, 0.5) is 0 Å². The molecule has 0 amide bonds. The molecule has 1 saturated carbocycles. The molecule has 1 fully saturated rings. The normalized spacial score (nSPS) is 27.2. The molecular weight excluding hydrogens is 206 g/mol. The Kier molecular flexibility index (Phi) is 3.56. The summed E-state index contributed by atoms with van der Waals surface area (Å²) in [5.74, 6) is 2.16. The molecule has 2 unspecified atom stereocenters. The molecule has 1 aliphatic carbocycles. The van der Waals surface area contributed by atoms with Gasteiger partial charge in [-0.15, -0.1) is 0 Å². The van der Waals surface area contributed by atoms with Gasteiger partial charge in [-0.05, 0) is 25.2 Å². The lowest BCUT2D eigenvalue weighted by atomic mass is 10.0. The van der Waals surface area contributed by atoms with Crippen LogP contribution in [0.3, 0.4) is 0 Å². The van der Waals surface area contributed by atoms with Crippen LogP contribution in [0, 0.1) is 5.92 Å². The van der Waals surface area contributed by atoms with Crippen LogP contribution in [-0.2, 0) is 0 Å². The molecule has 1 aromatic heterocycles. The molecule has 3 atom stereocenters. The molecule has 5 nitrogen and oxygen atoms in total. The average Bonchev–Trinajstić information content (AvgIpc) is 2.95. The van der Waals surface area contributed by atoms with Gasteiger partial charge in [0.05, 0.1) is 0 Å². The van der Waals surface area contributed by atoms with E-state index in [-0.39, 0.29) is 12.4 Å². The Labute approximate surface area is 95.0 Å². The summed E-state index contributed by atoms with van der Waals surface area (Å²) >= 11 is 0. The second-order valence-corrected chi connectivity index (χ2v) is 4.53. The van der Waals surface area contributed by atoms with Crippen molar-refractivity contribution in [3.63, 3.8) is 0 Å². The quantitative estimate of drug-likeness (QED) is 0.808. The van der Waals surface area contributed by atoms with Crippen LogP contribution in [-0.4, -0.2) is 21.8 Å².